The molecule has 1 atom stereocenters. The van der Waals surface area contributed by atoms with Crippen molar-refractivity contribution >= 4 is 12.0 Å². The van der Waals surface area contributed by atoms with Gasteiger partial charge in [-0.25, -0.2) is 9.59 Å². The second kappa shape index (κ2) is 8.05. The van der Waals surface area contributed by atoms with Crippen molar-refractivity contribution in [1.29, 1.82) is 0 Å². The minimum Gasteiger partial charge on any atom is -0.480 e. The molecule has 0 rings (SSSR count). The van der Waals surface area contributed by atoms with E-state index in [1.54, 1.807) is 6.92 Å². The highest BCUT2D eigenvalue weighted by Gasteiger charge is 2.16. The summed E-state index contributed by atoms with van der Waals surface area (Å²) in [5.41, 5.74) is 0. The van der Waals surface area contributed by atoms with Crippen LogP contribution in [0.5, 0.6) is 0 Å². The molecule has 0 aromatic rings. The molecule has 0 spiro atoms. The van der Waals surface area contributed by atoms with E-state index >= 15 is 0 Å². The van der Waals surface area contributed by atoms with Gasteiger partial charge in [0.15, 0.2) is 0 Å². The van der Waals surface area contributed by atoms with Crippen molar-refractivity contribution in [3.05, 3.63) is 0 Å². The van der Waals surface area contributed by atoms with E-state index in [1.165, 1.54) is 0 Å². The average molecular weight is 218 g/mol. The van der Waals surface area contributed by atoms with E-state index in [0.29, 0.717) is 26.2 Å². The van der Waals surface area contributed by atoms with Crippen LogP contribution < -0.4 is 10.6 Å². The van der Waals surface area contributed by atoms with E-state index in [2.05, 4.69) is 10.6 Å². The average Bonchev–Trinajstić information content (AvgIpc) is 2.20. The smallest absolute Gasteiger partial charge is 0.326 e. The molecule has 6 nitrogen and oxygen atoms in total. The number of rotatable bonds is 7. The lowest BCUT2D eigenvalue weighted by molar-refractivity contribution is -0.139. The minimum absolute atomic E-state index is 0.355. The summed E-state index contributed by atoms with van der Waals surface area (Å²) in [6.07, 6.45) is 0.355. The maximum absolute atomic E-state index is 11.1. The van der Waals surface area contributed by atoms with Gasteiger partial charge in [0.1, 0.15) is 6.04 Å². The van der Waals surface area contributed by atoms with Crippen molar-refractivity contribution in [3.63, 3.8) is 0 Å². The molecule has 0 bridgehead atoms. The fourth-order valence-corrected chi connectivity index (χ4v) is 0.929. The quantitative estimate of drug-likeness (QED) is 0.532. The number of carboxylic acids is 1. The van der Waals surface area contributed by atoms with E-state index < -0.39 is 18.0 Å². The number of aliphatic carboxylic acids is 1. The van der Waals surface area contributed by atoms with Gasteiger partial charge in [0.2, 0.25) is 0 Å². The summed E-state index contributed by atoms with van der Waals surface area (Å²) in [7, 11) is 0. The lowest BCUT2D eigenvalue weighted by atomic mass is 10.2. The zero-order valence-corrected chi connectivity index (χ0v) is 9.08. The van der Waals surface area contributed by atoms with Crippen LogP contribution in [0.4, 0.5) is 4.79 Å². The molecule has 0 aromatic carbocycles. The minimum atomic E-state index is -1.03. The fraction of sp³-hybridized carbons (Fsp3) is 0.778. The Balaban J connectivity index is 3.67. The molecule has 0 aliphatic rings. The highest BCUT2D eigenvalue weighted by atomic mass is 16.5. The van der Waals surface area contributed by atoms with Crippen LogP contribution >= 0.6 is 0 Å². The third kappa shape index (κ3) is 6.73. The number of hydrogen-bond acceptors (Lipinski definition) is 3. The lowest BCUT2D eigenvalue weighted by Gasteiger charge is -2.12. The standard InChI is InChI=1S/C9H18N2O4/c1-3-7(8(12)13)11-9(14)10-5-6-15-4-2/h7H,3-6H2,1-2H3,(H,12,13)(H2,10,11,14). The Bertz CT molecular complexity index is 208. The summed E-state index contributed by atoms with van der Waals surface area (Å²) in [6.45, 7) is 4.94. The van der Waals surface area contributed by atoms with Crippen LogP contribution in [0.1, 0.15) is 20.3 Å². The first-order valence-corrected chi connectivity index (χ1v) is 4.96. The Morgan fingerprint density at radius 1 is 1.40 bits per heavy atom. The van der Waals surface area contributed by atoms with Crippen molar-refractivity contribution in [3.8, 4) is 0 Å². The molecule has 6 heteroatoms. The van der Waals surface area contributed by atoms with Gasteiger partial charge in [-0.1, -0.05) is 6.92 Å². The maximum Gasteiger partial charge on any atom is 0.326 e. The summed E-state index contributed by atoms with van der Waals surface area (Å²) in [5, 5.41) is 13.5. The zero-order chi connectivity index (χ0) is 11.7. The highest BCUT2D eigenvalue weighted by Crippen LogP contribution is 1.89. The number of carbonyl (C=O) groups is 2. The lowest BCUT2D eigenvalue weighted by Crippen LogP contribution is -2.46. The third-order valence-electron chi connectivity index (χ3n) is 1.75. The van der Waals surface area contributed by atoms with E-state index in [-0.39, 0.29) is 0 Å². The molecule has 1 unspecified atom stereocenters. The Morgan fingerprint density at radius 2 is 2.07 bits per heavy atom. The first kappa shape index (κ1) is 13.7. The molecular formula is C9H18N2O4. The molecule has 0 heterocycles. The summed E-state index contributed by atoms with van der Waals surface area (Å²) in [5.74, 6) is -1.03. The van der Waals surface area contributed by atoms with Gasteiger partial charge in [-0.05, 0) is 13.3 Å². The number of hydrogen-bond donors (Lipinski definition) is 3. The Kier molecular flexibility index (Phi) is 7.35. The fourth-order valence-electron chi connectivity index (χ4n) is 0.929. The molecule has 0 saturated heterocycles. The van der Waals surface area contributed by atoms with Crippen molar-refractivity contribution in [2.24, 2.45) is 0 Å². The van der Waals surface area contributed by atoms with Gasteiger partial charge in [-0.15, -0.1) is 0 Å². The second-order valence-corrected chi connectivity index (χ2v) is 2.90. The number of ether oxygens (including phenoxy) is 1. The van der Waals surface area contributed by atoms with E-state index in [0.717, 1.165) is 0 Å². The third-order valence-corrected chi connectivity index (χ3v) is 1.75. The summed E-state index contributed by atoms with van der Waals surface area (Å²) in [6, 6.07) is -1.32. The van der Waals surface area contributed by atoms with Crippen molar-refractivity contribution in [2.45, 2.75) is 26.3 Å². The van der Waals surface area contributed by atoms with Crippen LogP contribution in [-0.2, 0) is 9.53 Å². The van der Waals surface area contributed by atoms with E-state index in [1.807, 2.05) is 6.92 Å². The number of nitrogens with one attached hydrogen (secondary N) is 2. The summed E-state index contributed by atoms with van der Waals surface area (Å²) >= 11 is 0. The van der Waals surface area contributed by atoms with Crippen LogP contribution in [0.2, 0.25) is 0 Å². The second-order valence-electron chi connectivity index (χ2n) is 2.90. The van der Waals surface area contributed by atoms with Crippen LogP contribution in [-0.4, -0.2) is 42.9 Å². The van der Waals surface area contributed by atoms with Crippen LogP contribution in [0.15, 0.2) is 0 Å². The summed E-state index contributed by atoms with van der Waals surface area (Å²) in [4.78, 5) is 21.7. The topological polar surface area (TPSA) is 87.7 Å². The molecule has 0 saturated carbocycles. The van der Waals surface area contributed by atoms with Gasteiger partial charge in [-0.3, -0.25) is 0 Å². The first-order valence-electron chi connectivity index (χ1n) is 4.96. The van der Waals surface area contributed by atoms with E-state index in [4.69, 9.17) is 9.84 Å². The van der Waals surface area contributed by atoms with Crippen LogP contribution in [0, 0.1) is 0 Å². The Morgan fingerprint density at radius 3 is 2.53 bits per heavy atom. The molecule has 0 aliphatic heterocycles. The van der Waals surface area contributed by atoms with E-state index in [9.17, 15) is 9.59 Å². The van der Waals surface area contributed by atoms with Gasteiger partial charge < -0.3 is 20.5 Å². The molecule has 15 heavy (non-hydrogen) atoms. The van der Waals surface area contributed by atoms with Crippen LogP contribution in [0.3, 0.4) is 0 Å². The van der Waals surface area contributed by atoms with Gasteiger partial charge in [-0.2, -0.15) is 0 Å². The van der Waals surface area contributed by atoms with Gasteiger partial charge in [0, 0.05) is 13.2 Å². The largest absolute Gasteiger partial charge is 0.480 e. The molecule has 0 fully saturated rings. The highest BCUT2D eigenvalue weighted by molar-refractivity contribution is 5.82. The molecule has 0 aliphatic carbocycles. The molecule has 0 radical (unpaired) electrons. The molecule has 2 amide bonds. The van der Waals surface area contributed by atoms with Crippen molar-refractivity contribution in [2.75, 3.05) is 19.8 Å². The predicted molar refractivity (Wildman–Crippen MR) is 54.7 cm³/mol. The maximum atomic E-state index is 11.1. The monoisotopic (exact) mass is 218 g/mol. The van der Waals surface area contributed by atoms with Crippen molar-refractivity contribution < 1.29 is 19.4 Å². The van der Waals surface area contributed by atoms with Crippen molar-refractivity contribution in [1.82, 2.24) is 10.6 Å². The Labute approximate surface area is 89.0 Å². The molecular weight excluding hydrogens is 200 g/mol. The number of amides is 2. The normalized spacial score (nSPS) is 11.9. The first-order chi connectivity index (χ1) is 7.11. The SMILES string of the molecule is CCOCCNC(=O)NC(CC)C(=O)O. The molecule has 0 aromatic heterocycles. The van der Waals surface area contributed by atoms with Gasteiger partial charge in [0.05, 0.1) is 6.61 Å². The van der Waals surface area contributed by atoms with Gasteiger partial charge in [0.25, 0.3) is 0 Å². The number of carbonyl (C=O) groups excluding carboxylic acids is 1. The van der Waals surface area contributed by atoms with Crippen LogP contribution in [0.25, 0.3) is 0 Å². The molecule has 3 N–H and O–H groups in total. The summed E-state index contributed by atoms with van der Waals surface area (Å²) < 4.78 is 5.00. The van der Waals surface area contributed by atoms with Gasteiger partial charge >= 0.3 is 12.0 Å². The predicted octanol–water partition coefficient (Wildman–Crippen LogP) is 0.185. The molecule has 88 valence electrons. The number of urea groups is 1. The number of carboxylic acid groups (broad SMARTS) is 1. The zero-order valence-electron chi connectivity index (χ0n) is 9.08. The Hall–Kier alpha value is -1.30.